The smallest absolute Gasteiger partial charge is 0.273 e. The molecule has 0 bridgehead atoms. The van der Waals surface area contributed by atoms with Gasteiger partial charge in [-0.25, -0.2) is 0 Å². The Balaban J connectivity index is 2.42. The Kier molecular flexibility index (Phi) is 4.10. The van der Waals surface area contributed by atoms with Gasteiger partial charge < -0.3 is 4.42 Å². The third-order valence-electron chi connectivity index (χ3n) is 2.01. The zero-order chi connectivity index (χ0) is 12.1. The molecule has 2 N–H and O–H groups in total. The van der Waals surface area contributed by atoms with Crippen LogP contribution < -0.4 is 10.9 Å². The van der Waals surface area contributed by atoms with Crippen molar-refractivity contribution in [1.82, 2.24) is 10.9 Å². The van der Waals surface area contributed by atoms with E-state index in [9.17, 15) is 9.59 Å². The SMILES string of the molecule is Cc1occc1C(=O)NNC(=O)CC(C)C. The van der Waals surface area contributed by atoms with Crippen LogP contribution in [-0.4, -0.2) is 11.8 Å². The summed E-state index contributed by atoms with van der Waals surface area (Å²) in [6.07, 6.45) is 1.81. The van der Waals surface area contributed by atoms with Crippen molar-refractivity contribution >= 4 is 11.8 Å². The van der Waals surface area contributed by atoms with Gasteiger partial charge in [0, 0.05) is 6.42 Å². The van der Waals surface area contributed by atoms with E-state index in [2.05, 4.69) is 10.9 Å². The minimum absolute atomic E-state index is 0.204. The molecule has 16 heavy (non-hydrogen) atoms. The molecule has 0 saturated carbocycles. The highest BCUT2D eigenvalue weighted by atomic mass is 16.3. The number of hydrazine groups is 1. The first-order valence-corrected chi connectivity index (χ1v) is 5.14. The molecule has 88 valence electrons. The lowest BCUT2D eigenvalue weighted by atomic mass is 10.1. The van der Waals surface area contributed by atoms with Gasteiger partial charge in [-0.2, -0.15) is 0 Å². The van der Waals surface area contributed by atoms with Crippen molar-refractivity contribution in [1.29, 1.82) is 0 Å². The number of hydrogen-bond donors (Lipinski definition) is 2. The summed E-state index contributed by atoms with van der Waals surface area (Å²) in [7, 11) is 0. The molecule has 5 nitrogen and oxygen atoms in total. The number of amides is 2. The van der Waals surface area contributed by atoms with Crippen molar-refractivity contribution in [2.24, 2.45) is 5.92 Å². The Morgan fingerprint density at radius 2 is 2.06 bits per heavy atom. The molecule has 0 aliphatic heterocycles. The van der Waals surface area contributed by atoms with Crippen LogP contribution in [0.5, 0.6) is 0 Å². The standard InChI is InChI=1S/C11H16N2O3/c1-7(2)6-10(14)12-13-11(15)9-4-5-16-8(9)3/h4-5,7H,6H2,1-3H3,(H,12,14)(H,13,15). The van der Waals surface area contributed by atoms with Crippen LogP contribution in [0.4, 0.5) is 0 Å². The largest absolute Gasteiger partial charge is 0.469 e. The number of rotatable bonds is 3. The Morgan fingerprint density at radius 1 is 1.38 bits per heavy atom. The highest BCUT2D eigenvalue weighted by Crippen LogP contribution is 2.07. The molecule has 1 aromatic heterocycles. The fourth-order valence-corrected chi connectivity index (χ4v) is 1.24. The van der Waals surface area contributed by atoms with Gasteiger partial charge >= 0.3 is 0 Å². The maximum absolute atomic E-state index is 11.5. The van der Waals surface area contributed by atoms with E-state index in [-0.39, 0.29) is 17.7 Å². The minimum atomic E-state index is -0.372. The van der Waals surface area contributed by atoms with Crippen molar-refractivity contribution < 1.29 is 14.0 Å². The lowest BCUT2D eigenvalue weighted by Gasteiger charge is -2.07. The molecule has 0 aliphatic carbocycles. The molecule has 1 aromatic rings. The summed E-state index contributed by atoms with van der Waals surface area (Å²) in [5.41, 5.74) is 5.10. The second kappa shape index (κ2) is 5.34. The number of carbonyl (C=O) groups is 2. The van der Waals surface area contributed by atoms with Crippen LogP contribution >= 0.6 is 0 Å². The topological polar surface area (TPSA) is 71.3 Å². The third kappa shape index (κ3) is 3.42. The zero-order valence-corrected chi connectivity index (χ0v) is 9.66. The van der Waals surface area contributed by atoms with Crippen LogP contribution in [0.15, 0.2) is 16.7 Å². The van der Waals surface area contributed by atoms with E-state index < -0.39 is 0 Å². The summed E-state index contributed by atoms with van der Waals surface area (Å²) in [6, 6.07) is 1.55. The third-order valence-corrected chi connectivity index (χ3v) is 2.01. The highest BCUT2D eigenvalue weighted by molar-refractivity contribution is 5.96. The summed E-state index contributed by atoms with van der Waals surface area (Å²) in [4.78, 5) is 22.8. The molecule has 5 heteroatoms. The summed E-state index contributed by atoms with van der Waals surface area (Å²) < 4.78 is 4.98. The van der Waals surface area contributed by atoms with Gasteiger partial charge in [0.1, 0.15) is 5.76 Å². The molecule has 0 aliphatic rings. The molecule has 0 radical (unpaired) electrons. The summed E-state index contributed by atoms with van der Waals surface area (Å²) >= 11 is 0. The van der Waals surface area contributed by atoms with Crippen LogP contribution in [0, 0.1) is 12.8 Å². The second-order valence-electron chi connectivity index (χ2n) is 3.99. The van der Waals surface area contributed by atoms with E-state index in [1.54, 1.807) is 13.0 Å². The van der Waals surface area contributed by atoms with Gasteiger partial charge in [-0.1, -0.05) is 13.8 Å². The highest BCUT2D eigenvalue weighted by Gasteiger charge is 2.12. The monoisotopic (exact) mass is 224 g/mol. The fourth-order valence-electron chi connectivity index (χ4n) is 1.24. The lowest BCUT2D eigenvalue weighted by molar-refractivity contribution is -0.122. The van der Waals surface area contributed by atoms with Crippen LogP contribution in [0.1, 0.15) is 36.4 Å². The number of carbonyl (C=O) groups excluding carboxylic acids is 2. The molecule has 0 unspecified atom stereocenters. The van der Waals surface area contributed by atoms with Crippen molar-refractivity contribution in [3.63, 3.8) is 0 Å². The molecular weight excluding hydrogens is 208 g/mol. The minimum Gasteiger partial charge on any atom is -0.469 e. The van der Waals surface area contributed by atoms with E-state index in [0.717, 1.165) is 0 Å². The first kappa shape index (κ1) is 12.3. The molecular formula is C11H16N2O3. The maximum atomic E-state index is 11.5. The van der Waals surface area contributed by atoms with Gasteiger partial charge in [0.15, 0.2) is 0 Å². The summed E-state index contributed by atoms with van der Waals surface area (Å²) in [5.74, 6) is 0.205. The zero-order valence-electron chi connectivity index (χ0n) is 9.66. The molecule has 0 fully saturated rings. The normalized spacial score (nSPS) is 10.2. The fraction of sp³-hybridized carbons (Fsp3) is 0.455. The quantitative estimate of drug-likeness (QED) is 0.762. The first-order chi connectivity index (χ1) is 7.50. The van der Waals surface area contributed by atoms with Crippen molar-refractivity contribution in [2.75, 3.05) is 0 Å². The Hall–Kier alpha value is -1.78. The van der Waals surface area contributed by atoms with Gasteiger partial charge in [-0.3, -0.25) is 20.4 Å². The van der Waals surface area contributed by atoms with Crippen LogP contribution in [-0.2, 0) is 4.79 Å². The van der Waals surface area contributed by atoms with Gasteiger partial charge in [-0.05, 0) is 18.9 Å². The Morgan fingerprint density at radius 3 is 2.56 bits per heavy atom. The Bertz CT molecular complexity index is 382. The van der Waals surface area contributed by atoms with E-state index in [1.165, 1.54) is 6.26 Å². The number of aryl methyl sites for hydroxylation is 1. The van der Waals surface area contributed by atoms with Crippen LogP contribution in [0.25, 0.3) is 0 Å². The molecule has 0 spiro atoms. The average Bonchev–Trinajstić information content (AvgIpc) is 2.60. The van der Waals surface area contributed by atoms with E-state index in [0.29, 0.717) is 17.7 Å². The lowest BCUT2D eigenvalue weighted by Crippen LogP contribution is -2.42. The van der Waals surface area contributed by atoms with Crippen LogP contribution in [0.2, 0.25) is 0 Å². The van der Waals surface area contributed by atoms with E-state index in [1.807, 2.05) is 13.8 Å². The molecule has 0 saturated heterocycles. The predicted molar refractivity (Wildman–Crippen MR) is 58.5 cm³/mol. The van der Waals surface area contributed by atoms with Gasteiger partial charge in [0.05, 0.1) is 11.8 Å². The Labute approximate surface area is 94.2 Å². The van der Waals surface area contributed by atoms with E-state index in [4.69, 9.17) is 4.42 Å². The molecule has 2 amide bonds. The maximum Gasteiger partial charge on any atom is 0.273 e. The number of hydrogen-bond acceptors (Lipinski definition) is 3. The number of nitrogens with one attached hydrogen (secondary N) is 2. The van der Waals surface area contributed by atoms with Crippen molar-refractivity contribution in [2.45, 2.75) is 27.2 Å². The predicted octanol–water partition coefficient (Wildman–Crippen LogP) is 1.40. The molecule has 0 atom stereocenters. The second-order valence-corrected chi connectivity index (χ2v) is 3.99. The summed E-state index contributed by atoms with van der Waals surface area (Å²) in [6.45, 7) is 5.55. The van der Waals surface area contributed by atoms with E-state index >= 15 is 0 Å². The number of furan rings is 1. The van der Waals surface area contributed by atoms with Crippen molar-refractivity contribution in [3.8, 4) is 0 Å². The van der Waals surface area contributed by atoms with Gasteiger partial charge in [0.25, 0.3) is 5.91 Å². The average molecular weight is 224 g/mol. The van der Waals surface area contributed by atoms with Gasteiger partial charge in [0.2, 0.25) is 5.91 Å². The first-order valence-electron chi connectivity index (χ1n) is 5.14. The molecule has 1 heterocycles. The molecule has 1 rings (SSSR count). The van der Waals surface area contributed by atoms with Gasteiger partial charge in [-0.15, -0.1) is 0 Å². The van der Waals surface area contributed by atoms with Crippen LogP contribution in [0.3, 0.4) is 0 Å². The summed E-state index contributed by atoms with van der Waals surface area (Å²) in [5, 5.41) is 0. The van der Waals surface area contributed by atoms with Crippen molar-refractivity contribution in [3.05, 3.63) is 23.7 Å². The molecule has 0 aromatic carbocycles.